The van der Waals surface area contributed by atoms with Gasteiger partial charge in [0.25, 0.3) is 0 Å². The zero-order valence-corrected chi connectivity index (χ0v) is 36.9. The lowest BCUT2D eigenvalue weighted by atomic mass is 10.0. The molecule has 6 unspecified atom stereocenters. The van der Waals surface area contributed by atoms with Crippen LogP contribution in [0.3, 0.4) is 0 Å². The maximum absolute atomic E-state index is 10.8. The maximum Gasteiger partial charge on any atom is 0.132 e. The molecule has 0 spiro atoms. The molecular weight excluding hydrogens is 830 g/mol. The van der Waals surface area contributed by atoms with Crippen molar-refractivity contribution in [2.45, 2.75) is 62.8 Å². The van der Waals surface area contributed by atoms with Gasteiger partial charge in [0.1, 0.15) is 18.0 Å². The summed E-state index contributed by atoms with van der Waals surface area (Å²) >= 11 is 0. The molecule has 0 aromatic rings. The highest BCUT2D eigenvalue weighted by atomic mass is 16.6. The number of carbonyl (C=O) groups excluding carboxylic acids is 1. The van der Waals surface area contributed by atoms with E-state index in [9.17, 15) is 35.4 Å². The number of aliphatic hydroxyl groups excluding tert-OH is 8. The van der Waals surface area contributed by atoms with Gasteiger partial charge in [0.2, 0.25) is 0 Å². The summed E-state index contributed by atoms with van der Waals surface area (Å²) in [5, 5.41) is 78.9. The van der Waals surface area contributed by atoms with E-state index < -0.39 is 36.6 Å². The van der Waals surface area contributed by atoms with Crippen LogP contribution in [0.2, 0.25) is 0 Å². The van der Waals surface area contributed by atoms with Gasteiger partial charge in [-0.25, -0.2) is 0 Å². The van der Waals surface area contributed by atoms with Crippen LogP contribution in [0, 0.1) is 0 Å². The molecule has 0 rings (SSSR count). The molecule has 22 nitrogen and oxygen atoms in total. The van der Waals surface area contributed by atoms with Gasteiger partial charge in [-0.15, -0.1) is 0 Å². The lowest BCUT2D eigenvalue weighted by molar-refractivity contribution is -0.118. The van der Waals surface area contributed by atoms with E-state index in [-0.39, 0.29) is 71.3 Å². The van der Waals surface area contributed by atoms with Gasteiger partial charge in [-0.05, 0) is 19.8 Å². The van der Waals surface area contributed by atoms with Crippen LogP contribution >= 0.6 is 0 Å². The summed E-state index contributed by atoms with van der Waals surface area (Å²) in [5.41, 5.74) is 0. The second-order valence-electron chi connectivity index (χ2n) is 13.8. The zero-order chi connectivity index (χ0) is 45.7. The zero-order valence-electron chi connectivity index (χ0n) is 36.9. The van der Waals surface area contributed by atoms with Gasteiger partial charge in [0.05, 0.1) is 183 Å². The molecule has 0 bridgehead atoms. The molecule has 372 valence electrons. The molecule has 6 atom stereocenters. The van der Waals surface area contributed by atoms with Crippen LogP contribution in [0.15, 0.2) is 0 Å². The van der Waals surface area contributed by atoms with Gasteiger partial charge < -0.3 is 97.7 Å². The van der Waals surface area contributed by atoms with Crippen molar-refractivity contribution in [2.24, 2.45) is 0 Å². The maximum atomic E-state index is 10.8. The molecule has 0 aromatic heterocycles. The average Bonchev–Trinajstić information content (AvgIpc) is 3.25. The Kier molecular flexibility index (Phi) is 45.5. The third-order valence-corrected chi connectivity index (χ3v) is 8.56. The molecule has 0 heterocycles. The van der Waals surface area contributed by atoms with Gasteiger partial charge >= 0.3 is 0 Å². The molecule has 0 saturated carbocycles. The second-order valence-corrected chi connectivity index (χ2v) is 13.8. The Morgan fingerprint density at radius 2 is 0.597 bits per heavy atom. The molecule has 0 radical (unpaired) electrons. The normalized spacial score (nSPS) is 14.9. The first-order chi connectivity index (χ1) is 30.1. The van der Waals surface area contributed by atoms with Crippen molar-refractivity contribution in [1.82, 2.24) is 4.90 Å². The number of ketones is 1. The average molecular weight is 912 g/mol. The molecule has 0 saturated heterocycles. The standard InChI is InChI=1S/C40H81NO21/c1-34(44)4-8-51-10-12-53-14-16-55-18-20-57-22-24-59-26-28-61-30-31-62-29-27-60-25-23-58-21-19-56-17-15-54-13-11-52-9-5-41(32-37(47)39(49)35(45)2-6-42)33-38(48)40(50)36(46)3-7-43/h35-40,42-43,45-50H,2-33H2,1H3. The summed E-state index contributed by atoms with van der Waals surface area (Å²) in [6.45, 7) is 10.4. The van der Waals surface area contributed by atoms with Crippen LogP contribution in [0.4, 0.5) is 0 Å². The van der Waals surface area contributed by atoms with E-state index in [1.807, 2.05) is 0 Å². The Labute approximate surface area is 367 Å². The van der Waals surface area contributed by atoms with Crippen molar-refractivity contribution in [3.8, 4) is 0 Å². The highest BCUT2D eigenvalue weighted by Gasteiger charge is 2.30. The number of nitrogens with zero attached hydrogens (tertiary/aromatic N) is 1. The Bertz CT molecular complexity index is 907. The van der Waals surface area contributed by atoms with E-state index in [1.54, 1.807) is 0 Å². The van der Waals surface area contributed by atoms with Gasteiger partial charge in [0, 0.05) is 39.3 Å². The largest absolute Gasteiger partial charge is 0.396 e. The Hall–Kier alpha value is -1.17. The summed E-state index contributed by atoms with van der Waals surface area (Å²) in [5.74, 6) is 0.111. The molecule has 0 aliphatic heterocycles. The van der Waals surface area contributed by atoms with E-state index in [1.165, 1.54) is 11.8 Å². The minimum Gasteiger partial charge on any atom is -0.396 e. The highest BCUT2D eigenvalue weighted by Crippen LogP contribution is 2.10. The molecule has 62 heavy (non-hydrogen) atoms. The lowest BCUT2D eigenvalue weighted by Gasteiger charge is -2.32. The lowest BCUT2D eigenvalue weighted by Crippen LogP contribution is -2.50. The highest BCUT2D eigenvalue weighted by molar-refractivity contribution is 5.75. The van der Waals surface area contributed by atoms with Crippen molar-refractivity contribution >= 4 is 5.78 Å². The first-order valence-corrected chi connectivity index (χ1v) is 21.6. The first kappa shape index (κ1) is 60.8. The summed E-state index contributed by atoms with van der Waals surface area (Å²) < 4.78 is 65.5. The third-order valence-electron chi connectivity index (χ3n) is 8.56. The van der Waals surface area contributed by atoms with Gasteiger partial charge in [-0.1, -0.05) is 0 Å². The number of rotatable bonds is 51. The predicted molar refractivity (Wildman–Crippen MR) is 221 cm³/mol. The Balaban J connectivity index is 3.58. The van der Waals surface area contributed by atoms with Crippen LogP contribution in [0.5, 0.6) is 0 Å². The van der Waals surface area contributed by atoms with E-state index in [0.717, 1.165) is 0 Å². The van der Waals surface area contributed by atoms with Crippen molar-refractivity contribution in [2.75, 3.05) is 191 Å². The molecule has 0 aromatic carbocycles. The van der Waals surface area contributed by atoms with Crippen molar-refractivity contribution in [3.63, 3.8) is 0 Å². The number of hydrogen-bond acceptors (Lipinski definition) is 22. The topological polar surface area (TPSA) is 293 Å². The van der Waals surface area contributed by atoms with Crippen molar-refractivity contribution in [1.29, 1.82) is 0 Å². The van der Waals surface area contributed by atoms with Gasteiger partial charge in [0.15, 0.2) is 0 Å². The Morgan fingerprint density at radius 3 is 0.823 bits per heavy atom. The van der Waals surface area contributed by atoms with E-state index in [0.29, 0.717) is 145 Å². The SMILES string of the molecule is CC(=O)CCOCCOCCOCCOCCOCCOCCOCCOCCOCCOCCOCCOCCN(CC(O)C(O)C(O)CCO)CC(O)C(O)C(O)CCO. The third kappa shape index (κ3) is 40.3. The number of carbonyl (C=O) groups is 1. The quantitative estimate of drug-likeness (QED) is 0.0274. The molecular formula is C40H81NO21. The van der Waals surface area contributed by atoms with Crippen LogP contribution in [0.25, 0.3) is 0 Å². The minimum absolute atomic E-state index is 0.111. The fraction of sp³-hybridized carbons (Fsp3) is 0.975. The van der Waals surface area contributed by atoms with Gasteiger partial charge in [-0.3, -0.25) is 9.69 Å². The molecule has 0 amide bonds. The number of ether oxygens (including phenoxy) is 12. The predicted octanol–water partition coefficient (Wildman–Crippen LogP) is -3.60. The van der Waals surface area contributed by atoms with Gasteiger partial charge in [-0.2, -0.15) is 0 Å². The van der Waals surface area contributed by atoms with E-state index >= 15 is 0 Å². The number of hydrogen-bond donors (Lipinski definition) is 8. The van der Waals surface area contributed by atoms with Crippen LogP contribution in [0.1, 0.15) is 26.2 Å². The van der Waals surface area contributed by atoms with Crippen molar-refractivity contribution in [3.05, 3.63) is 0 Å². The summed E-state index contributed by atoms with van der Waals surface area (Å²) in [7, 11) is 0. The Morgan fingerprint density at radius 1 is 0.371 bits per heavy atom. The van der Waals surface area contributed by atoms with Crippen molar-refractivity contribution < 1.29 is 102 Å². The summed E-state index contributed by atoms with van der Waals surface area (Å²) in [6.07, 6.45) is -8.58. The smallest absolute Gasteiger partial charge is 0.132 e. The van der Waals surface area contributed by atoms with E-state index in [4.69, 9.17) is 67.1 Å². The molecule has 8 N–H and O–H groups in total. The summed E-state index contributed by atoms with van der Waals surface area (Å²) in [6, 6.07) is 0. The van der Waals surface area contributed by atoms with Crippen LogP contribution in [-0.4, -0.2) is 280 Å². The second kappa shape index (κ2) is 46.4. The molecule has 0 aliphatic rings. The fourth-order valence-electron chi connectivity index (χ4n) is 5.05. The summed E-state index contributed by atoms with van der Waals surface area (Å²) in [4.78, 5) is 12.3. The van der Waals surface area contributed by atoms with E-state index in [2.05, 4.69) is 0 Å². The minimum atomic E-state index is -1.56. The molecule has 0 fully saturated rings. The monoisotopic (exact) mass is 912 g/mol. The van der Waals surface area contributed by atoms with Crippen LogP contribution < -0.4 is 0 Å². The number of Topliss-reactive ketones (excluding diaryl/α,β-unsaturated/α-hetero) is 1. The fourth-order valence-corrected chi connectivity index (χ4v) is 5.05. The molecule has 22 heteroatoms. The number of aliphatic hydroxyl groups is 8. The molecule has 0 aliphatic carbocycles. The van der Waals surface area contributed by atoms with Crippen LogP contribution in [-0.2, 0) is 61.6 Å². The first-order valence-electron chi connectivity index (χ1n) is 21.6.